The van der Waals surface area contributed by atoms with E-state index in [2.05, 4.69) is 106 Å². The van der Waals surface area contributed by atoms with Crippen molar-refractivity contribution in [3.63, 3.8) is 0 Å². The maximum atomic E-state index is 13.7. The molecule has 8 rings (SSSR count). The highest BCUT2D eigenvalue weighted by atomic mass is 19.2. The van der Waals surface area contributed by atoms with Gasteiger partial charge in [0.15, 0.2) is 0 Å². The van der Waals surface area contributed by atoms with Crippen molar-refractivity contribution in [1.82, 2.24) is 26.6 Å². The molecule has 2 unspecified atom stereocenters. The highest BCUT2D eigenvalue weighted by Crippen LogP contribution is 2.37. The van der Waals surface area contributed by atoms with Gasteiger partial charge < -0.3 is 41.5 Å². The third-order valence-electron chi connectivity index (χ3n) is 15.8. The van der Waals surface area contributed by atoms with Crippen LogP contribution in [0.1, 0.15) is 161 Å². The summed E-state index contributed by atoms with van der Waals surface area (Å²) in [6.45, 7) is 20.8. The van der Waals surface area contributed by atoms with Crippen molar-refractivity contribution < 1.29 is 46.1 Å². The number of aliphatic hydroxyl groups is 2. The number of aryl methyl sites for hydroxylation is 2. The molecule has 7 N–H and O–H groups in total. The molecule has 0 aromatic heterocycles. The minimum Gasteiger partial charge on any atom is -0.390 e. The predicted octanol–water partition coefficient (Wildman–Crippen LogP) is 12.0. The fourth-order valence-electron chi connectivity index (χ4n) is 12.1. The van der Waals surface area contributed by atoms with E-state index in [-0.39, 0.29) is 60.0 Å². The van der Waals surface area contributed by atoms with E-state index in [1.54, 1.807) is 7.05 Å². The third kappa shape index (κ3) is 21.4. The summed E-state index contributed by atoms with van der Waals surface area (Å²) in [7, 11) is 3.59. The molecular weight excluding hydrogens is 1060 g/mol. The number of rotatable bonds is 22. The van der Waals surface area contributed by atoms with E-state index in [1.165, 1.54) is 87.8 Å². The number of nitrogens with one attached hydrogen (secondary N) is 5. The SMILES string of the molecule is CCc1cc(CC(C)(C)C)cc2c1CCCC2NC[C@@H](O)[C@H](Cc1cc(F)cc(F)c1)NC.CCc1cc(CC(C)(C)C)cc2c1CCCC2NC[C@@H](O)[C@H](Cc1cc(F)cc(F)c1)NC(C)=O.CN[C@@H](Cc1cc(F)cc(F)c1)[C@H]1CO1. The molecule has 0 radical (unpaired) electrons. The van der Waals surface area contributed by atoms with Crippen molar-refractivity contribution in [1.29, 1.82) is 0 Å². The number of aliphatic hydroxyl groups excluding tert-OH is 2. The Labute approximate surface area is 490 Å². The summed E-state index contributed by atoms with van der Waals surface area (Å²) in [5, 5.41) is 37.9. The van der Waals surface area contributed by atoms with Crippen molar-refractivity contribution in [3.8, 4) is 0 Å². The predicted molar refractivity (Wildman–Crippen MR) is 321 cm³/mol. The van der Waals surface area contributed by atoms with E-state index < -0.39 is 53.2 Å². The molecule has 0 saturated carbocycles. The molecule has 1 fully saturated rings. The van der Waals surface area contributed by atoms with Gasteiger partial charge in [0.1, 0.15) is 34.9 Å². The third-order valence-corrected chi connectivity index (χ3v) is 15.8. The second-order valence-electron chi connectivity index (χ2n) is 25.6. The van der Waals surface area contributed by atoms with Crippen LogP contribution in [0.15, 0.2) is 78.9 Å². The molecule has 5 aromatic carbocycles. The van der Waals surface area contributed by atoms with Gasteiger partial charge in [0.2, 0.25) is 5.91 Å². The Morgan fingerprint density at radius 1 is 0.554 bits per heavy atom. The van der Waals surface area contributed by atoms with Gasteiger partial charge >= 0.3 is 0 Å². The van der Waals surface area contributed by atoms with Crippen molar-refractivity contribution in [2.75, 3.05) is 33.8 Å². The topological polar surface area (TPSA) is 130 Å². The molecule has 0 spiro atoms. The molecule has 83 heavy (non-hydrogen) atoms. The smallest absolute Gasteiger partial charge is 0.217 e. The molecule has 1 amide bonds. The number of epoxide rings is 1. The quantitative estimate of drug-likeness (QED) is 0.0270. The minimum absolute atomic E-state index is 0.114. The first kappa shape index (κ1) is 67.0. The van der Waals surface area contributed by atoms with Gasteiger partial charge in [-0.25, -0.2) is 26.3 Å². The maximum absolute atomic E-state index is 13.7. The number of carbonyl (C=O) groups is 1. The van der Waals surface area contributed by atoms with Gasteiger partial charge in [-0.15, -0.1) is 0 Å². The van der Waals surface area contributed by atoms with Crippen LogP contribution in [0.4, 0.5) is 26.3 Å². The van der Waals surface area contributed by atoms with E-state index in [0.29, 0.717) is 36.1 Å². The Morgan fingerprint density at radius 3 is 1.27 bits per heavy atom. The molecule has 5 aromatic rings. The van der Waals surface area contributed by atoms with Crippen LogP contribution in [0.3, 0.4) is 0 Å². The number of likely N-dealkylation sites (N-methyl/N-ethyl adjacent to an activating group) is 2. The van der Waals surface area contributed by atoms with E-state index in [4.69, 9.17) is 4.74 Å². The van der Waals surface area contributed by atoms with Crippen molar-refractivity contribution in [2.24, 2.45) is 10.8 Å². The highest BCUT2D eigenvalue weighted by molar-refractivity contribution is 5.73. The first-order chi connectivity index (χ1) is 39.2. The van der Waals surface area contributed by atoms with Gasteiger partial charge in [-0.3, -0.25) is 4.79 Å². The number of hydrogen-bond donors (Lipinski definition) is 7. The standard InChI is InChI=1S/C29H40F2N2O2.C28H40F2N2O.C11H13F2NO/c1-6-21-10-20(16-29(3,4)5)13-25-24(21)8-7-9-26(25)32-17-28(35)27(33-18(2)34)14-19-11-22(30)15-23(31)12-19;1-6-20-10-19(16-28(2,3)4)13-24-23(20)8-7-9-25(24)32-17-27(33)26(31-5)14-18-11-21(29)15-22(30)12-18;1-14-10(11-6-15-11)4-7-2-8(12)5-9(13)3-7/h10-13,15,26-28,32,35H,6-9,14,16-17H2,1-5H3,(H,33,34);10-13,15,25-27,31-33H,6-9,14,16-17H2,1-5H3;2-3,5,10-11,14H,4,6H2,1H3/t26?,27-,28+;25?,26-,27+;10-,11+/m000/s1. The maximum Gasteiger partial charge on any atom is 0.217 e. The average Bonchev–Trinajstić information content (AvgIpc) is 4.44. The number of carbonyl (C=O) groups excluding carboxylic acids is 1. The van der Waals surface area contributed by atoms with Crippen LogP contribution in [0.2, 0.25) is 0 Å². The molecule has 1 heterocycles. The summed E-state index contributed by atoms with van der Waals surface area (Å²) >= 11 is 0. The summed E-state index contributed by atoms with van der Waals surface area (Å²) in [5.41, 5.74) is 13.1. The Kier molecular flexibility index (Phi) is 24.9. The Hall–Kier alpha value is -5.13. The Bertz CT molecular complexity index is 2840. The van der Waals surface area contributed by atoms with E-state index in [9.17, 15) is 41.4 Å². The zero-order valence-electron chi connectivity index (χ0n) is 50.9. The number of benzene rings is 5. The summed E-state index contributed by atoms with van der Waals surface area (Å²) in [6.07, 6.45) is 10.1. The van der Waals surface area contributed by atoms with Crippen LogP contribution >= 0.6 is 0 Å². The van der Waals surface area contributed by atoms with E-state index in [0.717, 1.165) is 89.0 Å². The fourth-order valence-corrected chi connectivity index (χ4v) is 12.1. The fraction of sp³-hybridized carbons (Fsp3) is 0.544. The van der Waals surface area contributed by atoms with Gasteiger partial charge in [-0.1, -0.05) is 79.7 Å². The largest absolute Gasteiger partial charge is 0.390 e. The van der Waals surface area contributed by atoms with Gasteiger partial charge in [0, 0.05) is 62.4 Å². The van der Waals surface area contributed by atoms with Crippen LogP contribution in [-0.4, -0.2) is 86.3 Å². The molecule has 9 nitrogen and oxygen atoms in total. The van der Waals surface area contributed by atoms with Crippen LogP contribution < -0.4 is 26.6 Å². The Morgan fingerprint density at radius 2 is 0.928 bits per heavy atom. The molecule has 15 heteroatoms. The first-order valence-electron chi connectivity index (χ1n) is 29.9. The van der Waals surface area contributed by atoms with Gasteiger partial charge in [0.25, 0.3) is 0 Å². The molecule has 1 saturated heterocycles. The summed E-state index contributed by atoms with van der Waals surface area (Å²) in [6, 6.07) is 19.3. The van der Waals surface area contributed by atoms with Crippen molar-refractivity contribution in [2.45, 2.75) is 194 Å². The first-order valence-corrected chi connectivity index (χ1v) is 29.9. The molecule has 8 atom stereocenters. The Balaban J connectivity index is 0.000000214. The second kappa shape index (κ2) is 30.8. The number of fused-ring (bicyclic) bond motifs is 2. The lowest BCUT2D eigenvalue weighted by atomic mass is 9.80. The molecular formula is C68H93F6N5O4. The number of amides is 1. The lowest BCUT2D eigenvalue weighted by Crippen LogP contribution is -2.48. The van der Waals surface area contributed by atoms with Crippen molar-refractivity contribution in [3.05, 3.63) is 175 Å². The van der Waals surface area contributed by atoms with Crippen LogP contribution in [0.25, 0.3) is 0 Å². The summed E-state index contributed by atoms with van der Waals surface area (Å²) in [4.78, 5) is 11.8. The van der Waals surface area contributed by atoms with Crippen LogP contribution in [0.5, 0.6) is 0 Å². The molecule has 3 aliphatic rings. The summed E-state index contributed by atoms with van der Waals surface area (Å²) < 4.78 is 85.5. The van der Waals surface area contributed by atoms with Crippen LogP contribution in [0, 0.1) is 45.7 Å². The second-order valence-corrected chi connectivity index (χ2v) is 25.6. The van der Waals surface area contributed by atoms with E-state index in [1.807, 2.05) is 7.05 Å². The average molecular weight is 1160 g/mol. The normalized spacial score (nSPS) is 18.5. The monoisotopic (exact) mass is 1160 g/mol. The van der Waals surface area contributed by atoms with Gasteiger partial charge in [-0.2, -0.15) is 0 Å². The molecule has 0 bridgehead atoms. The van der Waals surface area contributed by atoms with Crippen molar-refractivity contribution >= 4 is 5.91 Å². The number of hydrogen-bond acceptors (Lipinski definition) is 8. The lowest BCUT2D eigenvalue weighted by Gasteiger charge is -2.32. The molecule has 456 valence electrons. The number of ether oxygens (including phenoxy) is 1. The minimum atomic E-state index is -0.918. The molecule has 1 aliphatic heterocycles. The zero-order valence-corrected chi connectivity index (χ0v) is 50.9. The zero-order chi connectivity index (χ0) is 60.8. The van der Waals surface area contributed by atoms with E-state index >= 15 is 0 Å². The van der Waals surface area contributed by atoms with Crippen LogP contribution in [-0.2, 0) is 67.3 Å². The van der Waals surface area contributed by atoms with Gasteiger partial charge in [0.05, 0.1) is 31.0 Å². The number of halogens is 6. The van der Waals surface area contributed by atoms with Gasteiger partial charge in [-0.05, 0) is 206 Å². The highest BCUT2D eigenvalue weighted by Gasteiger charge is 2.32. The lowest BCUT2D eigenvalue weighted by molar-refractivity contribution is -0.120. The summed E-state index contributed by atoms with van der Waals surface area (Å²) in [5.74, 6) is -3.90. The molecule has 2 aliphatic carbocycles.